The summed E-state index contributed by atoms with van der Waals surface area (Å²) in [6.45, 7) is 0. The van der Waals surface area contributed by atoms with Gasteiger partial charge in [-0.15, -0.1) is 0 Å². The summed E-state index contributed by atoms with van der Waals surface area (Å²) in [5.41, 5.74) is 0. The fraction of sp³-hybridized carbons (Fsp3) is 0. The normalized spacial score (nSPS) is 4.50. The van der Waals surface area contributed by atoms with E-state index in [1.54, 1.807) is 0 Å². The number of carbonyl (C=O) groups is 2. The monoisotopic (exact) mass is 304 g/mol. The Balaban J connectivity index is -0.0000000198. The average molecular weight is 305 g/mol. The van der Waals surface area contributed by atoms with Gasteiger partial charge in [0.25, 0.3) is 0 Å². The first kappa shape index (κ1) is 29.3. The minimum absolute atomic E-state index is 0. The molecule has 0 aliphatic carbocycles. The molecule has 0 aliphatic rings. The Morgan fingerprint density at radius 3 is 0.750 bits per heavy atom. The van der Waals surface area contributed by atoms with E-state index in [-0.39, 0.29) is 103 Å². The first-order valence-corrected chi connectivity index (χ1v) is 2.43. The van der Waals surface area contributed by atoms with Crippen molar-refractivity contribution >= 4 is 12.3 Å². The van der Waals surface area contributed by atoms with Crippen LogP contribution in [0.2, 0.25) is 0 Å². The van der Waals surface area contributed by atoms with Crippen LogP contribution in [-0.2, 0) is 27.5 Å². The number of hydrogen-bond donors (Lipinski definition) is 0. The summed E-state index contributed by atoms with van der Waals surface area (Å²) >= 11 is 0.300. The van der Waals surface area contributed by atoms with Crippen molar-refractivity contribution in [2.24, 2.45) is 0 Å². The molecular weight excluding hydrogens is 305 g/mol. The molecule has 12 heavy (non-hydrogen) atoms. The Morgan fingerprint density at radius 2 is 0.750 bits per heavy atom. The second-order valence-electron chi connectivity index (χ2n) is 0.500. The van der Waals surface area contributed by atoms with Crippen LogP contribution in [0.3, 0.4) is 0 Å². The van der Waals surface area contributed by atoms with Crippen molar-refractivity contribution in [3.05, 3.63) is 0 Å². The molecule has 0 amide bonds. The van der Waals surface area contributed by atoms with Gasteiger partial charge in [0, 0.05) is 0 Å². The van der Waals surface area contributed by atoms with E-state index < -0.39 is 12.3 Å². The summed E-state index contributed by atoms with van der Waals surface area (Å²) in [6, 6.07) is 0. The summed E-state index contributed by atoms with van der Waals surface area (Å²) in [6.07, 6.45) is -4.67. The van der Waals surface area contributed by atoms with E-state index in [4.69, 9.17) is 32.8 Å². The van der Waals surface area contributed by atoms with E-state index in [0.717, 1.165) is 0 Å². The molecule has 0 aromatic carbocycles. The molecule has 0 heterocycles. The van der Waals surface area contributed by atoms with Gasteiger partial charge in [-0.25, -0.2) is 0 Å². The van der Waals surface area contributed by atoms with E-state index in [9.17, 15) is 0 Å². The first-order valence-electron chi connectivity index (χ1n) is 1.43. The summed E-state index contributed by atoms with van der Waals surface area (Å²) < 4.78 is 8.34. The topological polar surface area (TPSA) is 143 Å². The van der Waals surface area contributed by atoms with Crippen LogP contribution < -0.4 is 123 Å². The average Bonchev–Trinajstić information content (AvgIpc) is 1.66. The molecular formula is C2K2O7Zr. The Kier molecular flexibility index (Phi) is 71.2. The predicted molar refractivity (Wildman–Crippen MR) is 11.5 cm³/mol. The molecule has 0 bridgehead atoms. The van der Waals surface area contributed by atoms with Crippen molar-refractivity contribution in [3.8, 4) is 0 Å². The fourth-order valence-electron chi connectivity index (χ4n) is 0. The van der Waals surface area contributed by atoms with Gasteiger partial charge in [-0.1, -0.05) is 0 Å². The molecule has 0 unspecified atom stereocenters. The summed E-state index contributed by atoms with van der Waals surface area (Å²) in [4.78, 5) is 16.7. The van der Waals surface area contributed by atoms with Gasteiger partial charge >= 0.3 is 130 Å². The number of hydrogen-bond acceptors (Lipinski definition) is 7. The van der Waals surface area contributed by atoms with Crippen LogP contribution in [0.4, 0.5) is 9.59 Å². The summed E-state index contributed by atoms with van der Waals surface area (Å²) in [5, 5.41) is 33.3. The molecule has 0 saturated heterocycles. The molecule has 10 heteroatoms. The van der Waals surface area contributed by atoms with Gasteiger partial charge in [-0.2, -0.15) is 0 Å². The van der Waals surface area contributed by atoms with E-state index in [2.05, 4.69) is 0 Å². The van der Waals surface area contributed by atoms with Crippen LogP contribution in [-0.4, -0.2) is 12.3 Å². The Bertz CT molecular complexity index is 87.6. The fourth-order valence-corrected chi connectivity index (χ4v) is 0. The third-order valence-corrected chi connectivity index (χ3v) is 0. The van der Waals surface area contributed by atoms with Gasteiger partial charge in [-0.3, -0.25) is 0 Å². The van der Waals surface area contributed by atoms with E-state index in [1.807, 2.05) is 0 Å². The van der Waals surface area contributed by atoms with Gasteiger partial charge in [0.1, 0.15) is 0 Å². The van der Waals surface area contributed by atoms with Crippen LogP contribution >= 0.6 is 0 Å². The molecule has 0 rings (SSSR count). The van der Waals surface area contributed by atoms with Gasteiger partial charge in [0.15, 0.2) is 0 Å². The second kappa shape index (κ2) is 29.2. The van der Waals surface area contributed by atoms with Crippen molar-refractivity contribution in [1.29, 1.82) is 0 Å². The standard InChI is InChI=1S/2CH2O3.2K.O.Zr/c2*2-1(3)4;;;;/h2*(H2,2,3,4);;;;/q;;2*+1;;+2/p-4. The summed E-state index contributed by atoms with van der Waals surface area (Å²) in [7, 11) is 0. The summed E-state index contributed by atoms with van der Waals surface area (Å²) in [5.74, 6) is 0. The first-order chi connectivity index (χ1) is 4.46. The third-order valence-electron chi connectivity index (χ3n) is 0. The van der Waals surface area contributed by atoms with Crippen LogP contribution in [0.1, 0.15) is 0 Å². The molecule has 0 saturated carbocycles. The third kappa shape index (κ3) is 265. The molecule has 0 atom stereocenters. The van der Waals surface area contributed by atoms with E-state index >= 15 is 0 Å². The zero-order valence-electron chi connectivity index (χ0n) is 6.36. The van der Waals surface area contributed by atoms with Gasteiger partial charge in [-0.05, 0) is 12.3 Å². The number of carbonyl (C=O) groups excluding carboxylic acids is 2. The van der Waals surface area contributed by atoms with Crippen molar-refractivity contribution in [2.45, 2.75) is 0 Å². The maximum atomic E-state index is 8.34. The van der Waals surface area contributed by atoms with Gasteiger partial charge < -0.3 is 30.0 Å². The van der Waals surface area contributed by atoms with Crippen LogP contribution in [0.25, 0.3) is 0 Å². The van der Waals surface area contributed by atoms with E-state index in [0.29, 0.717) is 24.7 Å². The maximum absolute atomic E-state index is 8.34. The molecule has 0 aromatic heterocycles. The van der Waals surface area contributed by atoms with Crippen molar-refractivity contribution in [3.63, 3.8) is 0 Å². The zero-order valence-corrected chi connectivity index (χ0v) is 15.1. The molecule has 0 aromatic rings. The minimum atomic E-state index is -2.33. The quantitative estimate of drug-likeness (QED) is 0.404. The number of carboxylic acid groups (broad SMARTS) is 4. The zero-order chi connectivity index (χ0) is 9.15. The van der Waals surface area contributed by atoms with Crippen molar-refractivity contribution in [1.82, 2.24) is 0 Å². The van der Waals surface area contributed by atoms with Crippen LogP contribution in [0, 0.1) is 0 Å². The SMILES string of the molecule is O=C([O-])[O-].O=C([O-])[O-].[K+].[K+].[O]=[Zr+2]. The Hall–Kier alpha value is 2.50. The second-order valence-corrected chi connectivity index (χ2v) is 0.500. The molecule has 0 aliphatic heterocycles. The number of rotatable bonds is 0. The molecule has 56 valence electrons. The predicted octanol–water partition coefficient (Wildman–Crippen LogP) is -11.0. The van der Waals surface area contributed by atoms with E-state index in [1.165, 1.54) is 0 Å². The van der Waals surface area contributed by atoms with Crippen LogP contribution in [0.5, 0.6) is 0 Å². The van der Waals surface area contributed by atoms with Crippen molar-refractivity contribution < 1.29 is 160 Å². The molecule has 0 fully saturated rings. The molecule has 0 spiro atoms. The molecule has 0 radical (unpaired) electrons. The Morgan fingerprint density at radius 1 is 0.750 bits per heavy atom. The molecule has 0 N–H and O–H groups in total. The van der Waals surface area contributed by atoms with Crippen LogP contribution in [0.15, 0.2) is 0 Å². The van der Waals surface area contributed by atoms with Gasteiger partial charge in [0.05, 0.1) is 0 Å². The molecule has 7 nitrogen and oxygen atoms in total. The van der Waals surface area contributed by atoms with Gasteiger partial charge in [0.2, 0.25) is 0 Å². The van der Waals surface area contributed by atoms with Crippen molar-refractivity contribution in [2.75, 3.05) is 0 Å². The Labute approximate surface area is 168 Å².